The van der Waals surface area contributed by atoms with Gasteiger partial charge in [-0.2, -0.15) is 4.98 Å². The summed E-state index contributed by atoms with van der Waals surface area (Å²) in [5.74, 6) is 1.19. The summed E-state index contributed by atoms with van der Waals surface area (Å²) in [4.78, 5) is 22.4. The number of piperidine rings is 1. The van der Waals surface area contributed by atoms with Gasteiger partial charge in [0, 0.05) is 25.3 Å². The number of carbonyl (C=O) groups is 1. The van der Waals surface area contributed by atoms with Crippen molar-refractivity contribution >= 4 is 23.6 Å². The van der Waals surface area contributed by atoms with E-state index in [0.29, 0.717) is 37.2 Å². The number of amides is 2. The van der Waals surface area contributed by atoms with Crippen LogP contribution in [0.3, 0.4) is 0 Å². The highest BCUT2D eigenvalue weighted by Crippen LogP contribution is 2.22. The lowest BCUT2D eigenvalue weighted by atomic mass is 10.1. The first kappa shape index (κ1) is 16.8. The monoisotopic (exact) mass is 346 g/mol. The van der Waals surface area contributed by atoms with Gasteiger partial charge in [0.15, 0.2) is 0 Å². The fraction of sp³-hybridized carbons (Fsp3) is 0.467. The van der Waals surface area contributed by atoms with Crippen LogP contribution in [0.4, 0.5) is 22.4 Å². The van der Waals surface area contributed by atoms with Gasteiger partial charge in [-0.05, 0) is 31.9 Å². The molecule has 3 rings (SSSR count). The van der Waals surface area contributed by atoms with Crippen molar-refractivity contribution in [2.45, 2.75) is 25.8 Å². The van der Waals surface area contributed by atoms with Gasteiger partial charge in [-0.3, -0.25) is 0 Å². The molecule has 0 spiro atoms. The number of nitrogens with zero attached hydrogens (tertiary/aromatic N) is 4. The number of nitrogen functional groups attached to an aromatic ring is 1. The lowest BCUT2D eigenvalue weighted by Gasteiger charge is -2.32. The van der Waals surface area contributed by atoms with E-state index >= 15 is 0 Å². The van der Waals surface area contributed by atoms with Crippen molar-refractivity contribution in [3.8, 4) is 5.88 Å². The number of anilines is 3. The molecule has 0 aromatic carbocycles. The molecule has 25 heavy (non-hydrogen) atoms. The summed E-state index contributed by atoms with van der Waals surface area (Å²) >= 11 is 0. The van der Waals surface area contributed by atoms with E-state index in [-0.39, 0.29) is 18.0 Å². The van der Waals surface area contributed by atoms with E-state index in [0.717, 1.165) is 12.8 Å². The summed E-state index contributed by atoms with van der Waals surface area (Å²) < 4.78 is 5.43. The van der Waals surface area contributed by atoms with Gasteiger partial charge < -0.3 is 26.0 Å². The van der Waals surface area contributed by atoms with Gasteiger partial charge in [0.1, 0.15) is 5.69 Å². The Labute approximate surface area is 145 Å². The van der Waals surface area contributed by atoms with Crippen molar-refractivity contribution in [3.63, 3.8) is 0 Å². The number of aromatic amines is 1. The molecule has 2 aromatic heterocycles. The van der Waals surface area contributed by atoms with Crippen LogP contribution in [0.5, 0.6) is 5.88 Å². The van der Waals surface area contributed by atoms with E-state index in [1.54, 1.807) is 23.2 Å². The predicted molar refractivity (Wildman–Crippen MR) is 93.4 cm³/mol. The Morgan fingerprint density at radius 1 is 1.48 bits per heavy atom. The van der Waals surface area contributed by atoms with Gasteiger partial charge in [0.2, 0.25) is 17.8 Å². The van der Waals surface area contributed by atoms with Crippen LogP contribution in [-0.4, -0.2) is 56.8 Å². The number of H-pyrrole nitrogens is 1. The fourth-order valence-corrected chi connectivity index (χ4v) is 2.68. The van der Waals surface area contributed by atoms with Gasteiger partial charge in [-0.1, -0.05) is 0 Å². The number of likely N-dealkylation sites (tertiary alicyclic amines) is 1. The van der Waals surface area contributed by atoms with E-state index in [4.69, 9.17) is 10.5 Å². The lowest BCUT2D eigenvalue weighted by molar-refractivity contribution is 0.196. The van der Waals surface area contributed by atoms with Gasteiger partial charge in [0.05, 0.1) is 6.61 Å². The van der Waals surface area contributed by atoms with E-state index < -0.39 is 0 Å². The first-order valence-corrected chi connectivity index (χ1v) is 8.24. The van der Waals surface area contributed by atoms with E-state index in [2.05, 4.69) is 30.8 Å². The molecule has 0 aliphatic carbocycles. The maximum atomic E-state index is 12.5. The van der Waals surface area contributed by atoms with Crippen LogP contribution < -0.4 is 21.1 Å². The standard InChI is InChI=1S/C15H22N8O2/c1-2-25-12-11(4-3-7-17-12)19-15(24)23-8-5-10(6-9-23)18-14-20-13(16)21-22-14/h3-4,7,10H,2,5-6,8-9H2,1H3,(H,19,24)(H4,16,18,20,21,22). The highest BCUT2D eigenvalue weighted by molar-refractivity contribution is 5.90. The van der Waals surface area contributed by atoms with Crippen molar-refractivity contribution in [2.24, 2.45) is 0 Å². The number of nitrogens with one attached hydrogen (secondary N) is 3. The summed E-state index contributed by atoms with van der Waals surface area (Å²) in [6.45, 7) is 3.63. The summed E-state index contributed by atoms with van der Waals surface area (Å²) in [7, 11) is 0. The van der Waals surface area contributed by atoms with Crippen LogP contribution in [0.25, 0.3) is 0 Å². The molecule has 0 unspecified atom stereocenters. The molecule has 0 saturated carbocycles. The second-order valence-electron chi connectivity index (χ2n) is 5.67. The van der Waals surface area contributed by atoms with Crippen molar-refractivity contribution < 1.29 is 9.53 Å². The molecule has 1 saturated heterocycles. The van der Waals surface area contributed by atoms with Crippen molar-refractivity contribution in [1.82, 2.24) is 25.1 Å². The average Bonchev–Trinajstić information content (AvgIpc) is 3.02. The molecule has 2 aromatic rings. The normalized spacial score (nSPS) is 15.0. The Kier molecular flexibility index (Phi) is 5.17. The third-order valence-corrected chi connectivity index (χ3v) is 3.91. The number of urea groups is 1. The first-order valence-electron chi connectivity index (χ1n) is 8.24. The molecule has 2 amide bonds. The Bertz CT molecular complexity index is 711. The lowest BCUT2D eigenvalue weighted by Crippen LogP contribution is -2.44. The zero-order valence-corrected chi connectivity index (χ0v) is 14.0. The van der Waals surface area contributed by atoms with Crippen LogP contribution in [0, 0.1) is 0 Å². The minimum absolute atomic E-state index is 0.158. The highest BCUT2D eigenvalue weighted by Gasteiger charge is 2.24. The van der Waals surface area contributed by atoms with Gasteiger partial charge in [-0.25, -0.2) is 14.9 Å². The Balaban J connectivity index is 1.51. The zero-order chi connectivity index (χ0) is 17.6. The molecule has 1 aliphatic heterocycles. The number of rotatable bonds is 5. The fourth-order valence-electron chi connectivity index (χ4n) is 2.68. The van der Waals surface area contributed by atoms with Crippen LogP contribution >= 0.6 is 0 Å². The van der Waals surface area contributed by atoms with Crippen LogP contribution in [0.2, 0.25) is 0 Å². The minimum Gasteiger partial charge on any atom is -0.476 e. The van der Waals surface area contributed by atoms with Crippen LogP contribution in [-0.2, 0) is 0 Å². The van der Waals surface area contributed by atoms with Crippen molar-refractivity contribution in [2.75, 3.05) is 36.1 Å². The quantitative estimate of drug-likeness (QED) is 0.641. The number of carbonyl (C=O) groups excluding carboxylic acids is 1. The number of nitrogens with two attached hydrogens (primary N) is 1. The molecule has 3 heterocycles. The summed E-state index contributed by atoms with van der Waals surface area (Å²) in [6.07, 6.45) is 3.23. The predicted octanol–water partition coefficient (Wildman–Crippen LogP) is 1.29. The number of pyridine rings is 1. The number of ether oxygens (including phenoxy) is 1. The third-order valence-electron chi connectivity index (χ3n) is 3.91. The zero-order valence-electron chi connectivity index (χ0n) is 14.0. The summed E-state index contributed by atoms with van der Waals surface area (Å²) in [6, 6.07) is 3.58. The molecule has 1 aliphatic rings. The molecular formula is C15H22N8O2. The molecule has 10 heteroatoms. The van der Waals surface area contributed by atoms with Gasteiger partial charge >= 0.3 is 6.03 Å². The van der Waals surface area contributed by atoms with Crippen molar-refractivity contribution in [3.05, 3.63) is 18.3 Å². The largest absolute Gasteiger partial charge is 0.476 e. The minimum atomic E-state index is -0.158. The van der Waals surface area contributed by atoms with Gasteiger partial charge in [0.25, 0.3) is 0 Å². The molecule has 1 fully saturated rings. The molecular weight excluding hydrogens is 324 g/mol. The highest BCUT2D eigenvalue weighted by atomic mass is 16.5. The topological polar surface area (TPSA) is 134 Å². The molecule has 0 bridgehead atoms. The van der Waals surface area contributed by atoms with Crippen LogP contribution in [0.1, 0.15) is 19.8 Å². The van der Waals surface area contributed by atoms with Gasteiger partial charge in [-0.15, -0.1) is 5.10 Å². The molecule has 10 nitrogen and oxygen atoms in total. The smallest absolute Gasteiger partial charge is 0.321 e. The maximum absolute atomic E-state index is 12.5. The maximum Gasteiger partial charge on any atom is 0.321 e. The Morgan fingerprint density at radius 3 is 2.96 bits per heavy atom. The second-order valence-corrected chi connectivity index (χ2v) is 5.67. The SMILES string of the molecule is CCOc1ncccc1NC(=O)N1CCC(Nc2n[nH]c(N)n2)CC1. The van der Waals surface area contributed by atoms with Crippen molar-refractivity contribution in [1.29, 1.82) is 0 Å². The first-order chi connectivity index (χ1) is 12.2. The summed E-state index contributed by atoms with van der Waals surface area (Å²) in [5, 5.41) is 12.6. The molecule has 5 N–H and O–H groups in total. The number of hydrogen-bond donors (Lipinski definition) is 4. The second kappa shape index (κ2) is 7.69. The number of aromatic nitrogens is 4. The Morgan fingerprint density at radius 2 is 2.28 bits per heavy atom. The summed E-state index contributed by atoms with van der Waals surface area (Å²) in [5.41, 5.74) is 6.08. The average molecular weight is 346 g/mol. The van der Waals surface area contributed by atoms with E-state index in [1.807, 2.05) is 6.92 Å². The molecule has 134 valence electrons. The van der Waals surface area contributed by atoms with E-state index in [1.165, 1.54) is 0 Å². The molecule has 0 radical (unpaired) electrons. The number of hydrogen-bond acceptors (Lipinski definition) is 7. The van der Waals surface area contributed by atoms with E-state index in [9.17, 15) is 4.79 Å². The third kappa shape index (κ3) is 4.28. The van der Waals surface area contributed by atoms with Crippen LogP contribution in [0.15, 0.2) is 18.3 Å². The Hall–Kier alpha value is -3.04. The molecule has 0 atom stereocenters.